The molecule has 2 rings (SSSR count). The van der Waals surface area contributed by atoms with Crippen LogP contribution in [0.3, 0.4) is 0 Å². The highest BCUT2D eigenvalue weighted by Crippen LogP contribution is 2.20. The molecule has 0 saturated carbocycles. The van der Waals surface area contributed by atoms with Gasteiger partial charge in [-0.1, -0.05) is 11.6 Å². The molecule has 1 aliphatic rings. The molecule has 0 bridgehead atoms. The second kappa shape index (κ2) is 5.54. The quantitative estimate of drug-likeness (QED) is 0.819. The summed E-state index contributed by atoms with van der Waals surface area (Å²) in [6.07, 6.45) is 0.948. The minimum absolute atomic E-state index is 0.0817. The largest absolute Gasteiger partial charge is 0.376 e. The average molecular weight is 366 g/mol. The molecule has 1 aromatic rings. The molecule has 2 unspecified atom stereocenters. The Morgan fingerprint density at radius 2 is 2.35 bits per heavy atom. The van der Waals surface area contributed by atoms with E-state index in [9.17, 15) is 4.79 Å². The van der Waals surface area contributed by atoms with E-state index in [0.29, 0.717) is 17.2 Å². The zero-order chi connectivity index (χ0) is 12.4. The van der Waals surface area contributed by atoms with Crippen molar-refractivity contribution >= 4 is 40.1 Å². The molecule has 1 fully saturated rings. The zero-order valence-electron chi connectivity index (χ0n) is 9.37. The molecule has 1 aliphatic heterocycles. The highest BCUT2D eigenvalue weighted by Gasteiger charge is 2.26. The standard InChI is InChI=1S/C12H13ClINO2/c1-7-11(4-5-17-7)15-12(16)8-2-3-10(14)9(13)6-8/h2-3,6-7,11H,4-5H2,1H3,(H,15,16). The van der Waals surface area contributed by atoms with E-state index in [1.165, 1.54) is 0 Å². The molecule has 5 heteroatoms. The van der Waals surface area contributed by atoms with Crippen molar-refractivity contribution in [3.05, 3.63) is 32.4 Å². The fourth-order valence-corrected chi connectivity index (χ4v) is 2.33. The summed E-state index contributed by atoms with van der Waals surface area (Å²) in [6, 6.07) is 5.41. The SMILES string of the molecule is CC1OCCC1NC(=O)c1ccc(I)c(Cl)c1. The van der Waals surface area contributed by atoms with Gasteiger partial charge in [0.1, 0.15) is 0 Å². The van der Waals surface area contributed by atoms with Crippen LogP contribution in [0.1, 0.15) is 23.7 Å². The van der Waals surface area contributed by atoms with Gasteiger partial charge in [-0.2, -0.15) is 0 Å². The Morgan fingerprint density at radius 3 is 2.94 bits per heavy atom. The van der Waals surface area contributed by atoms with Crippen LogP contribution in [0.15, 0.2) is 18.2 Å². The summed E-state index contributed by atoms with van der Waals surface area (Å²) in [5.74, 6) is -0.0920. The molecule has 0 aliphatic carbocycles. The highest BCUT2D eigenvalue weighted by atomic mass is 127. The van der Waals surface area contributed by atoms with Crippen LogP contribution < -0.4 is 5.32 Å². The number of ether oxygens (including phenoxy) is 1. The normalized spacial score (nSPS) is 23.7. The first-order valence-electron chi connectivity index (χ1n) is 5.45. The number of nitrogens with one attached hydrogen (secondary N) is 1. The maximum Gasteiger partial charge on any atom is 0.251 e. The number of amides is 1. The lowest BCUT2D eigenvalue weighted by Crippen LogP contribution is -2.39. The lowest BCUT2D eigenvalue weighted by atomic mass is 10.1. The van der Waals surface area contributed by atoms with Gasteiger partial charge in [-0.05, 0) is 54.1 Å². The van der Waals surface area contributed by atoms with E-state index in [4.69, 9.17) is 16.3 Å². The summed E-state index contributed by atoms with van der Waals surface area (Å²) in [5, 5.41) is 3.57. The Labute approximate surface area is 119 Å². The maximum atomic E-state index is 12.0. The summed E-state index contributed by atoms with van der Waals surface area (Å²) in [7, 11) is 0. The van der Waals surface area contributed by atoms with Crippen LogP contribution in [-0.2, 0) is 4.74 Å². The number of halogens is 2. The molecule has 92 valence electrons. The van der Waals surface area contributed by atoms with Crippen LogP contribution in [0, 0.1) is 3.57 Å². The van der Waals surface area contributed by atoms with Crippen molar-refractivity contribution in [3.63, 3.8) is 0 Å². The first kappa shape index (κ1) is 13.1. The van der Waals surface area contributed by atoms with Crippen LogP contribution in [-0.4, -0.2) is 24.7 Å². The Kier molecular flexibility index (Phi) is 4.27. The Morgan fingerprint density at radius 1 is 1.59 bits per heavy atom. The van der Waals surface area contributed by atoms with Crippen LogP contribution in [0.2, 0.25) is 5.02 Å². The Balaban J connectivity index is 2.06. The summed E-state index contributed by atoms with van der Waals surface area (Å²) >= 11 is 8.13. The van der Waals surface area contributed by atoms with Crippen molar-refractivity contribution in [2.24, 2.45) is 0 Å². The van der Waals surface area contributed by atoms with E-state index >= 15 is 0 Å². The zero-order valence-corrected chi connectivity index (χ0v) is 12.3. The van der Waals surface area contributed by atoms with Gasteiger partial charge >= 0.3 is 0 Å². The van der Waals surface area contributed by atoms with Gasteiger partial charge in [-0.15, -0.1) is 0 Å². The second-order valence-electron chi connectivity index (χ2n) is 4.07. The first-order valence-corrected chi connectivity index (χ1v) is 6.91. The van der Waals surface area contributed by atoms with Gasteiger partial charge in [0, 0.05) is 15.7 Å². The van der Waals surface area contributed by atoms with Crippen molar-refractivity contribution < 1.29 is 9.53 Å². The number of rotatable bonds is 2. The van der Waals surface area contributed by atoms with Gasteiger partial charge in [0.15, 0.2) is 0 Å². The van der Waals surface area contributed by atoms with Gasteiger partial charge in [0.2, 0.25) is 0 Å². The molecule has 17 heavy (non-hydrogen) atoms. The highest BCUT2D eigenvalue weighted by molar-refractivity contribution is 14.1. The molecule has 0 aromatic heterocycles. The molecule has 0 radical (unpaired) electrons. The topological polar surface area (TPSA) is 38.3 Å². The monoisotopic (exact) mass is 365 g/mol. The third kappa shape index (κ3) is 3.11. The molecule has 1 saturated heterocycles. The molecule has 1 heterocycles. The minimum atomic E-state index is -0.0920. The first-order chi connectivity index (χ1) is 8.08. The minimum Gasteiger partial charge on any atom is -0.376 e. The molecule has 2 atom stereocenters. The average Bonchev–Trinajstić information content (AvgIpc) is 2.68. The van der Waals surface area contributed by atoms with Crippen LogP contribution in [0.25, 0.3) is 0 Å². The second-order valence-corrected chi connectivity index (χ2v) is 5.64. The van der Waals surface area contributed by atoms with Crippen LogP contribution in [0.4, 0.5) is 0 Å². The summed E-state index contributed by atoms with van der Waals surface area (Å²) < 4.78 is 6.35. The third-order valence-corrected chi connectivity index (χ3v) is 4.45. The third-order valence-electron chi connectivity index (χ3n) is 2.87. The predicted molar refractivity (Wildman–Crippen MR) is 75.5 cm³/mol. The van der Waals surface area contributed by atoms with E-state index in [2.05, 4.69) is 27.9 Å². The Hall–Kier alpha value is -0.330. The number of carbonyl (C=O) groups is 1. The molecule has 3 nitrogen and oxygen atoms in total. The summed E-state index contributed by atoms with van der Waals surface area (Å²) in [5.41, 5.74) is 0.592. The van der Waals surface area contributed by atoms with E-state index in [0.717, 1.165) is 9.99 Å². The fraction of sp³-hybridized carbons (Fsp3) is 0.417. The van der Waals surface area contributed by atoms with Crippen LogP contribution >= 0.6 is 34.2 Å². The van der Waals surface area contributed by atoms with E-state index in [1.807, 2.05) is 13.0 Å². The smallest absolute Gasteiger partial charge is 0.251 e. The van der Waals surface area contributed by atoms with E-state index < -0.39 is 0 Å². The lowest BCUT2D eigenvalue weighted by Gasteiger charge is -2.16. The molecule has 1 N–H and O–H groups in total. The molecular weight excluding hydrogens is 352 g/mol. The van der Waals surface area contributed by atoms with E-state index in [1.54, 1.807) is 12.1 Å². The molecule has 1 amide bonds. The number of hydrogen-bond donors (Lipinski definition) is 1. The lowest BCUT2D eigenvalue weighted by molar-refractivity contribution is 0.0866. The van der Waals surface area contributed by atoms with Gasteiger partial charge < -0.3 is 10.1 Å². The maximum absolute atomic E-state index is 12.0. The van der Waals surface area contributed by atoms with Crippen molar-refractivity contribution in [1.82, 2.24) is 5.32 Å². The van der Waals surface area contributed by atoms with Crippen molar-refractivity contribution in [3.8, 4) is 0 Å². The molecule has 1 aromatic carbocycles. The van der Waals surface area contributed by atoms with Crippen molar-refractivity contribution in [1.29, 1.82) is 0 Å². The van der Waals surface area contributed by atoms with Gasteiger partial charge in [0.25, 0.3) is 5.91 Å². The van der Waals surface area contributed by atoms with Crippen LogP contribution in [0.5, 0.6) is 0 Å². The summed E-state index contributed by atoms with van der Waals surface area (Å²) in [6.45, 7) is 2.68. The summed E-state index contributed by atoms with van der Waals surface area (Å²) in [4.78, 5) is 12.0. The number of carbonyl (C=O) groups excluding carboxylic acids is 1. The predicted octanol–water partition coefficient (Wildman–Crippen LogP) is 2.85. The Bertz CT molecular complexity index is 439. The molecule has 0 spiro atoms. The van der Waals surface area contributed by atoms with Gasteiger partial charge in [-0.25, -0.2) is 0 Å². The van der Waals surface area contributed by atoms with Gasteiger partial charge in [-0.3, -0.25) is 4.79 Å². The van der Waals surface area contributed by atoms with Crippen molar-refractivity contribution in [2.45, 2.75) is 25.5 Å². The van der Waals surface area contributed by atoms with Gasteiger partial charge in [0.05, 0.1) is 17.2 Å². The molecular formula is C12H13ClINO2. The van der Waals surface area contributed by atoms with Crippen molar-refractivity contribution in [2.75, 3.05) is 6.61 Å². The number of benzene rings is 1. The number of hydrogen-bond acceptors (Lipinski definition) is 2. The van der Waals surface area contributed by atoms with E-state index in [-0.39, 0.29) is 18.1 Å². The fourth-order valence-electron chi connectivity index (χ4n) is 1.81.